The molecule has 2 aromatic heterocycles. The highest BCUT2D eigenvalue weighted by Crippen LogP contribution is 2.37. The minimum atomic E-state index is -1.74. The van der Waals surface area contributed by atoms with Gasteiger partial charge in [-0.25, -0.2) is 9.37 Å². The van der Waals surface area contributed by atoms with E-state index in [0.29, 0.717) is 29.5 Å². The van der Waals surface area contributed by atoms with Gasteiger partial charge in [0.2, 0.25) is 11.5 Å². The molecule has 1 atom stereocenters. The molecule has 3 aromatic rings. The van der Waals surface area contributed by atoms with Gasteiger partial charge in [0.15, 0.2) is 0 Å². The van der Waals surface area contributed by atoms with E-state index in [-0.39, 0.29) is 18.9 Å². The third-order valence-corrected chi connectivity index (χ3v) is 4.58. The van der Waals surface area contributed by atoms with Crippen LogP contribution in [0.5, 0.6) is 5.75 Å². The van der Waals surface area contributed by atoms with Gasteiger partial charge in [0, 0.05) is 24.7 Å². The van der Waals surface area contributed by atoms with Crippen LogP contribution in [0.3, 0.4) is 0 Å². The molecule has 0 aliphatic carbocycles. The van der Waals surface area contributed by atoms with Crippen LogP contribution in [0.25, 0.3) is 11.4 Å². The van der Waals surface area contributed by atoms with E-state index < -0.39 is 5.67 Å². The third-order valence-electron chi connectivity index (χ3n) is 4.58. The molecule has 0 N–H and O–H groups in total. The molecule has 1 saturated heterocycles. The molecule has 0 amide bonds. The van der Waals surface area contributed by atoms with E-state index in [4.69, 9.17) is 14.5 Å². The van der Waals surface area contributed by atoms with Crippen LogP contribution in [0.2, 0.25) is 0 Å². The van der Waals surface area contributed by atoms with E-state index in [1.807, 2.05) is 6.07 Å². The Morgan fingerprint density at radius 3 is 2.74 bits per heavy atom. The van der Waals surface area contributed by atoms with Gasteiger partial charge in [-0.2, -0.15) is 10.2 Å². The topological polar surface area (TPSA) is 88.1 Å². The number of benzene rings is 1. The zero-order valence-corrected chi connectivity index (χ0v) is 14.6. The molecule has 3 heterocycles. The number of nitriles is 1. The van der Waals surface area contributed by atoms with Crippen molar-refractivity contribution in [2.24, 2.45) is 0 Å². The van der Waals surface area contributed by atoms with Crippen molar-refractivity contribution in [3.63, 3.8) is 0 Å². The predicted molar refractivity (Wildman–Crippen MR) is 94.9 cm³/mol. The van der Waals surface area contributed by atoms with Crippen LogP contribution in [-0.4, -0.2) is 35.3 Å². The van der Waals surface area contributed by atoms with Crippen molar-refractivity contribution in [2.75, 3.05) is 25.1 Å². The molecular formula is C19H16FN5O2. The summed E-state index contributed by atoms with van der Waals surface area (Å²) in [5.41, 5.74) is -0.559. The lowest BCUT2D eigenvalue weighted by molar-refractivity contribution is 0.136. The van der Waals surface area contributed by atoms with Crippen molar-refractivity contribution in [1.82, 2.24) is 15.1 Å². The first-order chi connectivity index (χ1) is 13.1. The number of hydrogen-bond acceptors (Lipinski definition) is 7. The van der Waals surface area contributed by atoms with Crippen LogP contribution in [0.1, 0.15) is 17.9 Å². The van der Waals surface area contributed by atoms with Crippen LogP contribution in [0.15, 0.2) is 47.1 Å². The summed E-state index contributed by atoms with van der Waals surface area (Å²) >= 11 is 0. The van der Waals surface area contributed by atoms with Crippen LogP contribution in [0.4, 0.5) is 10.2 Å². The van der Waals surface area contributed by atoms with Crippen molar-refractivity contribution in [3.8, 4) is 23.2 Å². The Balaban J connectivity index is 1.53. The second kappa shape index (κ2) is 6.68. The minimum Gasteiger partial charge on any atom is -0.497 e. The molecule has 136 valence electrons. The van der Waals surface area contributed by atoms with Crippen LogP contribution >= 0.6 is 0 Å². The molecule has 0 spiro atoms. The van der Waals surface area contributed by atoms with E-state index in [9.17, 15) is 0 Å². The summed E-state index contributed by atoms with van der Waals surface area (Å²) in [6.45, 7) is 0.534. The Morgan fingerprint density at radius 2 is 2.07 bits per heavy atom. The SMILES string of the molecule is COc1ccc(-c2noc(C3(F)CCN(c4ccc(C#N)cn4)C3)n2)cc1. The molecule has 7 nitrogen and oxygen atoms in total. The number of rotatable bonds is 4. The lowest BCUT2D eigenvalue weighted by Crippen LogP contribution is -2.27. The number of pyridine rings is 1. The highest BCUT2D eigenvalue weighted by molar-refractivity contribution is 5.55. The maximum Gasteiger partial charge on any atom is 0.266 e. The number of aromatic nitrogens is 3. The average molecular weight is 365 g/mol. The van der Waals surface area contributed by atoms with Crippen molar-refractivity contribution in [3.05, 3.63) is 54.0 Å². The summed E-state index contributed by atoms with van der Waals surface area (Å²) in [5.74, 6) is 1.62. The summed E-state index contributed by atoms with van der Waals surface area (Å²) in [6.07, 6.45) is 1.70. The van der Waals surface area contributed by atoms with Gasteiger partial charge in [0.05, 0.1) is 19.2 Å². The van der Waals surface area contributed by atoms with Crippen LogP contribution in [0, 0.1) is 11.3 Å². The first kappa shape index (κ1) is 17.0. The maximum absolute atomic E-state index is 15.4. The highest BCUT2D eigenvalue weighted by atomic mass is 19.1. The minimum absolute atomic E-state index is 0.0375. The summed E-state index contributed by atoms with van der Waals surface area (Å²) in [5, 5.41) is 12.8. The van der Waals surface area contributed by atoms with Gasteiger partial charge < -0.3 is 14.2 Å². The summed E-state index contributed by atoms with van der Waals surface area (Å²) in [4.78, 5) is 10.3. The quantitative estimate of drug-likeness (QED) is 0.702. The highest BCUT2D eigenvalue weighted by Gasteiger charge is 2.45. The monoisotopic (exact) mass is 365 g/mol. The van der Waals surface area contributed by atoms with E-state index in [1.54, 1.807) is 48.4 Å². The van der Waals surface area contributed by atoms with Gasteiger partial charge in [0.1, 0.15) is 17.6 Å². The smallest absolute Gasteiger partial charge is 0.266 e. The Bertz CT molecular complexity index is 981. The van der Waals surface area contributed by atoms with Crippen molar-refractivity contribution >= 4 is 5.82 Å². The molecule has 0 bridgehead atoms. The standard InChI is InChI=1S/C19H16FN5O2/c1-26-15-5-3-14(4-6-15)17-23-18(27-24-17)19(20)8-9-25(12-19)16-7-2-13(10-21)11-22-16/h2-7,11H,8-9,12H2,1H3. The molecule has 1 fully saturated rings. The Hall–Kier alpha value is -3.47. The molecule has 27 heavy (non-hydrogen) atoms. The van der Waals surface area contributed by atoms with Crippen molar-refractivity contribution < 1.29 is 13.7 Å². The normalized spacial score (nSPS) is 19.1. The fourth-order valence-corrected chi connectivity index (χ4v) is 3.04. The zero-order chi connectivity index (χ0) is 18.9. The molecular weight excluding hydrogens is 349 g/mol. The number of ether oxygens (including phenoxy) is 1. The number of anilines is 1. The van der Waals surface area contributed by atoms with Gasteiger partial charge in [-0.3, -0.25) is 0 Å². The van der Waals surface area contributed by atoms with Gasteiger partial charge in [-0.1, -0.05) is 5.16 Å². The second-order valence-electron chi connectivity index (χ2n) is 6.31. The van der Waals surface area contributed by atoms with E-state index in [2.05, 4.69) is 15.1 Å². The fraction of sp³-hybridized carbons (Fsp3) is 0.263. The van der Waals surface area contributed by atoms with E-state index in [1.165, 1.54) is 6.20 Å². The van der Waals surface area contributed by atoms with Gasteiger partial charge >= 0.3 is 0 Å². The fourth-order valence-electron chi connectivity index (χ4n) is 3.04. The van der Waals surface area contributed by atoms with Gasteiger partial charge in [-0.15, -0.1) is 0 Å². The Labute approximate surface area is 155 Å². The molecule has 8 heteroatoms. The zero-order valence-electron chi connectivity index (χ0n) is 14.6. The molecule has 0 saturated carbocycles. The van der Waals surface area contributed by atoms with Gasteiger partial charge in [-0.05, 0) is 36.4 Å². The maximum atomic E-state index is 15.4. The van der Waals surface area contributed by atoms with Crippen molar-refractivity contribution in [1.29, 1.82) is 5.26 Å². The Morgan fingerprint density at radius 1 is 1.26 bits per heavy atom. The summed E-state index contributed by atoms with van der Waals surface area (Å²) in [6, 6.07) is 12.5. The van der Waals surface area contributed by atoms with Crippen LogP contribution < -0.4 is 9.64 Å². The summed E-state index contributed by atoms with van der Waals surface area (Å²) in [7, 11) is 1.59. The molecule has 1 aromatic carbocycles. The molecule has 1 aliphatic rings. The second-order valence-corrected chi connectivity index (χ2v) is 6.31. The molecule has 0 radical (unpaired) electrons. The Kier molecular flexibility index (Phi) is 4.20. The molecule has 1 aliphatic heterocycles. The lowest BCUT2D eigenvalue weighted by atomic mass is 10.1. The number of methoxy groups -OCH3 is 1. The van der Waals surface area contributed by atoms with Gasteiger partial charge in [0.25, 0.3) is 5.89 Å². The third kappa shape index (κ3) is 3.19. The number of halogens is 1. The van der Waals surface area contributed by atoms with Crippen LogP contribution in [-0.2, 0) is 5.67 Å². The first-order valence-electron chi connectivity index (χ1n) is 8.40. The lowest BCUT2D eigenvalue weighted by Gasteiger charge is -2.18. The number of alkyl halides is 1. The van der Waals surface area contributed by atoms with E-state index >= 15 is 4.39 Å². The molecule has 4 rings (SSSR count). The average Bonchev–Trinajstić information content (AvgIpc) is 3.36. The number of nitrogens with zero attached hydrogens (tertiary/aromatic N) is 5. The van der Waals surface area contributed by atoms with Crippen molar-refractivity contribution in [2.45, 2.75) is 12.1 Å². The number of hydrogen-bond donors (Lipinski definition) is 0. The largest absolute Gasteiger partial charge is 0.497 e. The molecule has 1 unspecified atom stereocenters. The first-order valence-corrected chi connectivity index (χ1v) is 8.40. The predicted octanol–water partition coefficient (Wildman–Crippen LogP) is 3.09. The summed E-state index contributed by atoms with van der Waals surface area (Å²) < 4.78 is 25.8. The van der Waals surface area contributed by atoms with E-state index in [0.717, 1.165) is 5.56 Å².